The average Bonchev–Trinajstić information content (AvgIpc) is 1.39. The van der Waals surface area contributed by atoms with Crippen LogP contribution in [0.3, 0.4) is 0 Å². The van der Waals surface area contributed by atoms with Crippen LogP contribution in [0.1, 0.15) is 34.1 Å². The molecule has 0 rings (SSSR count). The Morgan fingerprint density at radius 3 is 1.17 bits per heavy atom. The zero-order valence-electron chi connectivity index (χ0n) is 5.28. The molecule has 0 aliphatic heterocycles. The third-order valence-electron chi connectivity index (χ3n) is 0. The summed E-state index contributed by atoms with van der Waals surface area (Å²) in [6.45, 7) is 8.25. The maximum atomic E-state index is 2.12. The maximum absolute atomic E-state index is 2.12. The van der Waals surface area contributed by atoms with Crippen molar-refractivity contribution in [1.82, 2.24) is 0 Å². The van der Waals surface area contributed by atoms with E-state index in [-0.39, 0.29) is 0 Å². The van der Waals surface area contributed by atoms with Crippen LogP contribution in [-0.2, 0) is 0 Å². The van der Waals surface area contributed by atoms with E-state index in [0.29, 0.717) is 0 Å². The van der Waals surface area contributed by atoms with Gasteiger partial charge in [-0.05, 0) is 0 Å². The van der Waals surface area contributed by atoms with E-state index in [2.05, 4.69) is 13.8 Å². The molecule has 0 saturated carbocycles. The van der Waals surface area contributed by atoms with E-state index in [1.54, 1.807) is 0 Å². The van der Waals surface area contributed by atoms with Crippen LogP contribution in [0, 0.1) is 6.42 Å². The van der Waals surface area contributed by atoms with Crippen molar-refractivity contribution < 1.29 is 0 Å². The van der Waals surface area contributed by atoms with Crippen LogP contribution in [0.25, 0.3) is 0 Å². The van der Waals surface area contributed by atoms with Crippen molar-refractivity contribution in [3.8, 4) is 0 Å². The topological polar surface area (TPSA) is 0 Å². The summed E-state index contributed by atoms with van der Waals surface area (Å²) in [7, 11) is 0. The van der Waals surface area contributed by atoms with Gasteiger partial charge in [0.25, 0.3) is 0 Å². The Labute approximate surface area is 41.6 Å². The smallest absolute Gasteiger partial charge is 0.0590 e. The summed E-state index contributed by atoms with van der Waals surface area (Å²) in [5.74, 6) is 0. The lowest BCUT2D eigenvalue weighted by atomic mass is 10.6. The zero-order chi connectivity index (χ0) is 5.41. The molecule has 0 aromatic carbocycles. The molecule has 0 fully saturated rings. The maximum Gasteiger partial charge on any atom is -0.0590 e. The highest BCUT2D eigenvalue weighted by Crippen LogP contribution is 1.56. The highest BCUT2D eigenvalue weighted by molar-refractivity contribution is 4.34. The van der Waals surface area contributed by atoms with Crippen molar-refractivity contribution in [2.75, 3.05) is 0 Å². The molecule has 0 unspecified atom stereocenters. The quantitative estimate of drug-likeness (QED) is 0.398. The van der Waals surface area contributed by atoms with Gasteiger partial charge in [0.05, 0.1) is 0 Å². The fraction of sp³-hybridized carbons (Fsp3) is 0.833. The molecular formula is C6H15-. The van der Waals surface area contributed by atoms with Gasteiger partial charge in [-0.1, -0.05) is 20.3 Å². The van der Waals surface area contributed by atoms with Gasteiger partial charge in [-0.2, -0.15) is 13.8 Å². The standard InChI is InChI=1S/C3H8.C3H7/c2*1-3-2/h3H2,1-2H3;3H,1-2H3/q;-1. The van der Waals surface area contributed by atoms with Gasteiger partial charge >= 0.3 is 0 Å². The predicted molar refractivity (Wildman–Crippen MR) is 31.6 cm³/mol. The summed E-state index contributed by atoms with van der Waals surface area (Å²) < 4.78 is 0. The first-order valence-electron chi connectivity index (χ1n) is 2.57. The van der Waals surface area contributed by atoms with Crippen LogP contribution in [-0.4, -0.2) is 0 Å². The molecule has 0 aromatic rings. The van der Waals surface area contributed by atoms with Crippen molar-refractivity contribution in [3.63, 3.8) is 0 Å². The van der Waals surface area contributed by atoms with E-state index < -0.39 is 0 Å². The number of rotatable bonds is 0. The monoisotopic (exact) mass is 87.1 g/mol. The molecule has 0 aliphatic carbocycles. The van der Waals surface area contributed by atoms with Crippen LogP contribution >= 0.6 is 0 Å². The van der Waals surface area contributed by atoms with Gasteiger partial charge < -0.3 is 6.42 Å². The van der Waals surface area contributed by atoms with Crippen molar-refractivity contribution >= 4 is 0 Å². The van der Waals surface area contributed by atoms with Crippen LogP contribution in [0.2, 0.25) is 0 Å². The van der Waals surface area contributed by atoms with Gasteiger partial charge in [0.1, 0.15) is 0 Å². The SMILES string of the molecule is CCC.C[CH-]C. The molecule has 0 heterocycles. The predicted octanol–water partition coefficient (Wildman–Crippen LogP) is 2.65. The fourth-order valence-electron chi connectivity index (χ4n) is 0. The minimum Gasteiger partial charge on any atom is -0.335 e. The molecule has 0 radical (unpaired) electrons. The lowest BCUT2D eigenvalue weighted by Gasteiger charge is -1.68. The number of hydrogen-bond donors (Lipinski definition) is 0. The summed E-state index contributed by atoms with van der Waals surface area (Å²) in [4.78, 5) is 0. The van der Waals surface area contributed by atoms with Crippen LogP contribution in [0.4, 0.5) is 0 Å². The Kier molecular flexibility index (Phi) is 31.2. The summed E-state index contributed by atoms with van der Waals surface area (Å²) in [5.41, 5.74) is 0. The summed E-state index contributed by atoms with van der Waals surface area (Å²) in [6, 6.07) is 0. The van der Waals surface area contributed by atoms with Crippen LogP contribution in [0.15, 0.2) is 0 Å². The highest BCUT2D eigenvalue weighted by Gasteiger charge is 1.35. The minimum atomic E-state index is 1.25. The van der Waals surface area contributed by atoms with E-state index >= 15 is 0 Å². The van der Waals surface area contributed by atoms with Crippen LogP contribution in [0.5, 0.6) is 0 Å². The molecule has 0 nitrogen and oxygen atoms in total. The van der Waals surface area contributed by atoms with Crippen molar-refractivity contribution in [2.24, 2.45) is 0 Å². The Bertz CT molecular complexity index is 2.00. The second-order valence-corrected chi connectivity index (χ2v) is 1.28. The Morgan fingerprint density at radius 1 is 1.17 bits per heavy atom. The molecule has 0 amide bonds. The molecule has 0 aromatic heterocycles. The molecule has 40 valence electrons. The molecule has 0 N–H and O–H groups in total. The summed E-state index contributed by atoms with van der Waals surface area (Å²) in [5, 5.41) is 0. The Hall–Kier alpha value is 0. The first-order valence-corrected chi connectivity index (χ1v) is 2.57. The average molecular weight is 87.2 g/mol. The van der Waals surface area contributed by atoms with E-state index in [0.717, 1.165) is 0 Å². The highest BCUT2D eigenvalue weighted by atomic mass is 13.4. The van der Waals surface area contributed by atoms with Crippen molar-refractivity contribution in [3.05, 3.63) is 6.42 Å². The first-order chi connectivity index (χ1) is 2.83. The summed E-state index contributed by atoms with van der Waals surface area (Å²) >= 11 is 0. The Morgan fingerprint density at radius 2 is 1.17 bits per heavy atom. The zero-order valence-corrected chi connectivity index (χ0v) is 5.28. The summed E-state index contributed by atoms with van der Waals surface area (Å²) in [6.07, 6.45) is 3.25. The van der Waals surface area contributed by atoms with E-state index in [1.807, 2.05) is 20.3 Å². The molecular weight excluding hydrogens is 72.1 g/mol. The lowest BCUT2D eigenvalue weighted by molar-refractivity contribution is 1.09. The minimum absolute atomic E-state index is 1.25. The Balaban J connectivity index is 0. The van der Waals surface area contributed by atoms with Crippen LogP contribution < -0.4 is 0 Å². The number of hydrogen-bond acceptors (Lipinski definition) is 0. The molecule has 0 spiro atoms. The largest absolute Gasteiger partial charge is 0.335 e. The second kappa shape index (κ2) is 20.0. The van der Waals surface area contributed by atoms with Gasteiger partial charge in [0, 0.05) is 0 Å². The van der Waals surface area contributed by atoms with Gasteiger partial charge in [-0.15, -0.1) is 0 Å². The van der Waals surface area contributed by atoms with Gasteiger partial charge in [-0.25, -0.2) is 0 Å². The van der Waals surface area contributed by atoms with Gasteiger partial charge in [0.15, 0.2) is 0 Å². The van der Waals surface area contributed by atoms with E-state index in [9.17, 15) is 0 Å². The normalized spacial score (nSPS) is 6.00. The lowest BCUT2D eigenvalue weighted by Crippen LogP contribution is -1.30. The molecule has 0 bridgehead atoms. The van der Waals surface area contributed by atoms with E-state index in [1.165, 1.54) is 6.42 Å². The second-order valence-electron chi connectivity index (χ2n) is 1.28. The van der Waals surface area contributed by atoms with E-state index in [4.69, 9.17) is 0 Å². The molecule has 0 atom stereocenters. The van der Waals surface area contributed by atoms with Gasteiger partial charge in [-0.3, -0.25) is 0 Å². The molecule has 0 aliphatic rings. The van der Waals surface area contributed by atoms with Crippen molar-refractivity contribution in [1.29, 1.82) is 0 Å². The van der Waals surface area contributed by atoms with Gasteiger partial charge in [0.2, 0.25) is 0 Å². The molecule has 0 saturated heterocycles. The molecule has 6 heavy (non-hydrogen) atoms. The fourth-order valence-corrected chi connectivity index (χ4v) is 0. The molecule has 0 heteroatoms. The van der Waals surface area contributed by atoms with Crippen molar-refractivity contribution in [2.45, 2.75) is 34.1 Å². The first kappa shape index (κ1) is 9.38. The third-order valence-corrected chi connectivity index (χ3v) is 0. The third kappa shape index (κ3) is 0.